The fraction of sp³-hybridized carbons (Fsp3) is 0.368. The molecule has 0 spiro atoms. The maximum Gasteiger partial charge on any atom is 0.219 e. The number of ether oxygens (including phenoxy) is 3. The molecule has 1 aromatic carbocycles. The summed E-state index contributed by atoms with van der Waals surface area (Å²) in [7, 11) is 3.26. The molecule has 2 aliphatic rings. The zero-order valence-corrected chi connectivity index (χ0v) is 30.5. The predicted molar refractivity (Wildman–Crippen MR) is 198 cm³/mol. The third-order valence-corrected chi connectivity index (χ3v) is 10.4. The molecule has 2 aliphatic heterocycles. The Morgan fingerprint density at radius 1 is 0.941 bits per heavy atom. The normalized spacial score (nSPS) is 15.7. The second-order valence-corrected chi connectivity index (χ2v) is 13.6. The molecule has 4 aromatic heterocycles. The van der Waals surface area contributed by atoms with Gasteiger partial charge in [0.25, 0.3) is 0 Å². The minimum atomic E-state index is 0.131. The third-order valence-electron chi connectivity index (χ3n) is 9.66. The number of benzene rings is 1. The van der Waals surface area contributed by atoms with Crippen LogP contribution in [0.4, 0.5) is 0 Å². The first kappa shape index (κ1) is 35.2. The fourth-order valence-electron chi connectivity index (χ4n) is 6.84. The van der Waals surface area contributed by atoms with Crippen molar-refractivity contribution in [2.24, 2.45) is 0 Å². The monoisotopic (exact) mass is 729 g/mol. The van der Waals surface area contributed by atoms with Crippen LogP contribution in [0.2, 0.25) is 10.0 Å². The molecule has 2 fully saturated rings. The number of piperidine rings is 1. The van der Waals surface area contributed by atoms with Gasteiger partial charge in [0, 0.05) is 98.6 Å². The average Bonchev–Trinajstić information content (AvgIpc) is 3.56. The van der Waals surface area contributed by atoms with E-state index >= 15 is 0 Å². The minimum absolute atomic E-state index is 0.131. The van der Waals surface area contributed by atoms with E-state index in [4.69, 9.17) is 47.4 Å². The van der Waals surface area contributed by atoms with Gasteiger partial charge in [-0.15, -0.1) is 0 Å². The number of hydrogen-bond donors (Lipinski definition) is 1. The summed E-state index contributed by atoms with van der Waals surface area (Å²) in [6.45, 7) is 7.72. The number of morpholine rings is 1. The number of hydrogen-bond acceptors (Lipinski definition) is 9. The SMILES string of the molecule is COc1nc(-c2cccc(-c3ccnc(-c4cc(OC)c5nc(CN6CCOCC6)cn5c4)c3Cl)c2Cl)ccc1CNC1CCN(C(C)=O)CC1. The smallest absolute Gasteiger partial charge is 0.219 e. The molecule has 0 aliphatic carbocycles. The first-order valence-corrected chi connectivity index (χ1v) is 17.9. The van der Waals surface area contributed by atoms with Crippen LogP contribution in [0.1, 0.15) is 31.0 Å². The summed E-state index contributed by atoms with van der Waals surface area (Å²) >= 11 is 14.3. The number of imidazole rings is 1. The molecule has 11 nitrogen and oxygen atoms in total. The van der Waals surface area contributed by atoms with Gasteiger partial charge < -0.3 is 28.8 Å². The summed E-state index contributed by atoms with van der Waals surface area (Å²) in [5, 5.41) is 4.59. The van der Waals surface area contributed by atoms with Gasteiger partial charge in [-0.2, -0.15) is 0 Å². The summed E-state index contributed by atoms with van der Waals surface area (Å²) in [5.74, 6) is 1.29. The Hall–Kier alpha value is -4.26. The van der Waals surface area contributed by atoms with E-state index in [-0.39, 0.29) is 5.91 Å². The molecule has 5 aromatic rings. The number of halogens is 2. The Balaban J connectivity index is 1.14. The summed E-state index contributed by atoms with van der Waals surface area (Å²) in [5.41, 5.74) is 6.96. The van der Waals surface area contributed by atoms with Crippen molar-refractivity contribution >= 4 is 34.8 Å². The van der Waals surface area contributed by atoms with E-state index in [2.05, 4.69) is 15.2 Å². The Bertz CT molecular complexity index is 2040. The molecular formula is C38H41Cl2N7O4. The largest absolute Gasteiger partial charge is 0.493 e. The maximum atomic E-state index is 11.7. The number of fused-ring (bicyclic) bond motifs is 1. The van der Waals surface area contributed by atoms with Crippen molar-refractivity contribution in [2.75, 3.05) is 53.6 Å². The van der Waals surface area contributed by atoms with E-state index in [1.165, 1.54) is 0 Å². The van der Waals surface area contributed by atoms with Gasteiger partial charge in [-0.05, 0) is 31.0 Å². The van der Waals surface area contributed by atoms with E-state index in [1.807, 2.05) is 64.2 Å². The highest BCUT2D eigenvalue weighted by atomic mass is 35.5. The van der Waals surface area contributed by atoms with Crippen LogP contribution < -0.4 is 14.8 Å². The molecule has 51 heavy (non-hydrogen) atoms. The number of nitrogens with one attached hydrogen (secondary N) is 1. The number of likely N-dealkylation sites (tertiary alicyclic amines) is 1. The number of pyridine rings is 3. The van der Waals surface area contributed by atoms with Crippen LogP contribution in [0.3, 0.4) is 0 Å². The van der Waals surface area contributed by atoms with Crippen LogP contribution in [0, 0.1) is 0 Å². The van der Waals surface area contributed by atoms with E-state index in [9.17, 15) is 4.79 Å². The number of nitrogens with zero attached hydrogens (tertiary/aromatic N) is 6. The van der Waals surface area contributed by atoms with Gasteiger partial charge in [0.15, 0.2) is 11.4 Å². The van der Waals surface area contributed by atoms with Crippen LogP contribution >= 0.6 is 23.2 Å². The molecule has 266 valence electrons. The second kappa shape index (κ2) is 15.5. The summed E-state index contributed by atoms with van der Waals surface area (Å²) < 4.78 is 19.0. The first-order valence-electron chi connectivity index (χ1n) is 17.2. The molecular weight excluding hydrogens is 689 g/mol. The summed E-state index contributed by atoms with van der Waals surface area (Å²) in [4.78, 5) is 30.3. The van der Waals surface area contributed by atoms with Crippen molar-refractivity contribution in [2.45, 2.75) is 38.9 Å². The molecule has 0 bridgehead atoms. The number of carbonyl (C=O) groups is 1. The summed E-state index contributed by atoms with van der Waals surface area (Å²) in [6, 6.07) is 13.9. The van der Waals surface area contributed by atoms with E-state index in [0.29, 0.717) is 45.6 Å². The highest BCUT2D eigenvalue weighted by Crippen LogP contribution is 2.42. The molecule has 13 heteroatoms. The van der Waals surface area contributed by atoms with Crippen LogP contribution in [-0.2, 0) is 22.6 Å². The zero-order valence-electron chi connectivity index (χ0n) is 29.0. The molecule has 0 unspecified atom stereocenters. The predicted octanol–water partition coefficient (Wildman–Crippen LogP) is 6.38. The fourth-order valence-corrected chi connectivity index (χ4v) is 7.48. The van der Waals surface area contributed by atoms with Gasteiger partial charge in [0.05, 0.1) is 54.6 Å². The van der Waals surface area contributed by atoms with Crippen molar-refractivity contribution in [3.05, 3.63) is 82.4 Å². The quantitative estimate of drug-likeness (QED) is 0.175. The van der Waals surface area contributed by atoms with Crippen molar-refractivity contribution in [3.8, 4) is 45.3 Å². The van der Waals surface area contributed by atoms with Crippen LogP contribution in [-0.4, -0.2) is 94.7 Å². The summed E-state index contributed by atoms with van der Waals surface area (Å²) in [6.07, 6.45) is 7.57. The molecule has 1 N–H and O–H groups in total. The topological polar surface area (TPSA) is 106 Å². The van der Waals surface area contributed by atoms with Crippen molar-refractivity contribution in [1.82, 2.24) is 34.5 Å². The minimum Gasteiger partial charge on any atom is -0.493 e. The van der Waals surface area contributed by atoms with Gasteiger partial charge in [-0.1, -0.05) is 47.5 Å². The van der Waals surface area contributed by atoms with E-state index < -0.39 is 0 Å². The number of methoxy groups -OCH3 is 2. The standard InChI is InChI=1S/C38H41Cl2N7O4/c1-24(48)46-13-10-27(11-14-46)42-20-25-7-8-32(44-38(25)50-3)31-6-4-5-29(34(31)39)30-9-12-41-36(35(30)40)26-19-33(49-2)37-43-28(23-47(37)21-26)22-45-15-17-51-18-16-45/h4-9,12,19,21,23,27,42H,10-11,13-18,20,22H2,1-3H3. The highest BCUT2D eigenvalue weighted by molar-refractivity contribution is 6.39. The third kappa shape index (κ3) is 7.54. The molecule has 1 amide bonds. The molecule has 0 saturated carbocycles. The highest BCUT2D eigenvalue weighted by Gasteiger charge is 2.22. The van der Waals surface area contributed by atoms with Crippen molar-refractivity contribution < 1.29 is 19.0 Å². The van der Waals surface area contributed by atoms with Gasteiger partial charge in [-0.3, -0.25) is 14.7 Å². The van der Waals surface area contributed by atoms with Crippen molar-refractivity contribution in [3.63, 3.8) is 0 Å². The molecule has 0 radical (unpaired) electrons. The van der Waals surface area contributed by atoms with Gasteiger partial charge in [-0.25, -0.2) is 9.97 Å². The molecule has 7 rings (SSSR count). The van der Waals surface area contributed by atoms with Crippen LogP contribution in [0.15, 0.2) is 61.1 Å². The Morgan fingerprint density at radius 2 is 1.71 bits per heavy atom. The van der Waals surface area contributed by atoms with E-state index in [1.54, 1.807) is 27.3 Å². The lowest BCUT2D eigenvalue weighted by Gasteiger charge is -2.31. The Morgan fingerprint density at radius 3 is 2.45 bits per heavy atom. The van der Waals surface area contributed by atoms with Crippen molar-refractivity contribution in [1.29, 1.82) is 0 Å². The maximum absolute atomic E-state index is 11.7. The number of rotatable bonds is 10. The average molecular weight is 731 g/mol. The lowest BCUT2D eigenvalue weighted by Crippen LogP contribution is -2.44. The number of aromatic nitrogens is 4. The Labute approximate surface area is 307 Å². The van der Waals surface area contributed by atoms with Gasteiger partial charge in [0.2, 0.25) is 11.8 Å². The lowest BCUT2D eigenvalue weighted by atomic mass is 9.99. The van der Waals surface area contributed by atoms with Gasteiger partial charge >= 0.3 is 0 Å². The lowest BCUT2D eigenvalue weighted by molar-refractivity contribution is -0.129. The number of amides is 1. The zero-order chi connectivity index (χ0) is 35.5. The van der Waals surface area contributed by atoms with Crippen LogP contribution in [0.25, 0.3) is 39.3 Å². The first-order chi connectivity index (χ1) is 24.8. The van der Waals surface area contributed by atoms with Gasteiger partial charge in [0.1, 0.15) is 0 Å². The Kier molecular flexibility index (Phi) is 10.7. The van der Waals surface area contributed by atoms with E-state index in [0.717, 1.165) is 97.9 Å². The second-order valence-electron chi connectivity index (χ2n) is 12.9. The number of carbonyl (C=O) groups excluding carboxylic acids is 1. The molecule has 2 saturated heterocycles. The molecule has 6 heterocycles. The molecule has 0 atom stereocenters. The van der Waals surface area contributed by atoms with Crippen LogP contribution in [0.5, 0.6) is 11.6 Å².